The molecule has 1 saturated heterocycles. The van der Waals surface area contributed by atoms with Crippen LogP contribution in [0.2, 0.25) is 0 Å². The number of anilines is 1. The highest BCUT2D eigenvalue weighted by Gasteiger charge is 2.54. The third kappa shape index (κ3) is 10.4. The van der Waals surface area contributed by atoms with Crippen molar-refractivity contribution in [2.75, 3.05) is 31.5 Å². The van der Waals surface area contributed by atoms with Gasteiger partial charge in [-0.2, -0.15) is 8.42 Å². The van der Waals surface area contributed by atoms with E-state index in [9.17, 15) is 27.6 Å². The third-order valence-electron chi connectivity index (χ3n) is 8.20. The van der Waals surface area contributed by atoms with Gasteiger partial charge in [-0.15, -0.1) is 23.1 Å². The van der Waals surface area contributed by atoms with Crippen molar-refractivity contribution in [3.05, 3.63) is 87.1 Å². The maximum Gasteiger partial charge on any atom is 0.413 e. The van der Waals surface area contributed by atoms with Crippen LogP contribution >= 0.6 is 23.1 Å². The van der Waals surface area contributed by atoms with E-state index in [0.29, 0.717) is 28.2 Å². The summed E-state index contributed by atoms with van der Waals surface area (Å²) in [5, 5.41) is 10.0. The lowest BCUT2D eigenvalue weighted by atomic mass is 9.94. The first-order chi connectivity index (χ1) is 26.0. The smallest absolute Gasteiger partial charge is 0.413 e. The number of carbonyl (C=O) groups is 4. The van der Waals surface area contributed by atoms with Gasteiger partial charge in [-0.05, 0) is 74.1 Å². The molecule has 0 spiro atoms. The van der Waals surface area contributed by atoms with Gasteiger partial charge in [0, 0.05) is 11.1 Å². The number of nitrogens with zero attached hydrogens (tertiary/aromatic N) is 3. The van der Waals surface area contributed by atoms with Gasteiger partial charge >= 0.3 is 12.1 Å². The van der Waals surface area contributed by atoms with Crippen molar-refractivity contribution in [1.29, 1.82) is 0 Å². The Labute approximate surface area is 326 Å². The van der Waals surface area contributed by atoms with Crippen LogP contribution in [0.3, 0.4) is 0 Å². The second kappa shape index (κ2) is 17.2. The molecule has 2 aliphatic rings. The Morgan fingerprint density at radius 3 is 2.42 bits per heavy atom. The summed E-state index contributed by atoms with van der Waals surface area (Å²) in [7, 11) is -0.890. The number of esters is 1. The topological polar surface area (TPSA) is 201 Å². The summed E-state index contributed by atoms with van der Waals surface area (Å²) in [6.07, 6.45) is 0.496. The van der Waals surface area contributed by atoms with Crippen LogP contribution in [0.15, 0.2) is 64.3 Å². The van der Waals surface area contributed by atoms with Gasteiger partial charge in [0.15, 0.2) is 10.8 Å². The van der Waals surface area contributed by atoms with Crippen LogP contribution in [0, 0.1) is 6.92 Å². The van der Waals surface area contributed by atoms with E-state index in [-0.39, 0.29) is 41.9 Å². The Morgan fingerprint density at radius 1 is 1.05 bits per heavy atom. The highest BCUT2D eigenvalue weighted by Crippen LogP contribution is 2.42. The van der Waals surface area contributed by atoms with E-state index in [1.165, 1.54) is 29.2 Å². The average molecular weight is 816 g/mol. The molecule has 0 unspecified atom stereocenters. The normalized spacial score (nSPS) is 17.2. The largest absolute Gasteiger partial charge is 0.497 e. The zero-order chi connectivity index (χ0) is 40.1. The van der Waals surface area contributed by atoms with E-state index in [0.717, 1.165) is 28.7 Å². The average Bonchev–Trinajstić information content (AvgIpc) is 3.58. The molecule has 19 heteroatoms. The summed E-state index contributed by atoms with van der Waals surface area (Å²) in [6.45, 7) is 6.74. The lowest BCUT2D eigenvalue weighted by Gasteiger charge is -2.49. The van der Waals surface area contributed by atoms with Crippen LogP contribution in [0.5, 0.6) is 5.75 Å². The minimum Gasteiger partial charge on any atom is -0.497 e. The van der Waals surface area contributed by atoms with Gasteiger partial charge in [0.1, 0.15) is 47.9 Å². The molecule has 3 aromatic rings. The summed E-state index contributed by atoms with van der Waals surface area (Å²) in [6, 6.07) is 11.3. The van der Waals surface area contributed by atoms with Gasteiger partial charge < -0.3 is 24.4 Å². The summed E-state index contributed by atoms with van der Waals surface area (Å²) in [4.78, 5) is 64.1. The maximum absolute atomic E-state index is 13.9. The minimum atomic E-state index is -3.68. The Balaban J connectivity index is 1.37. The van der Waals surface area contributed by atoms with E-state index in [2.05, 4.69) is 20.8 Å². The zero-order valence-corrected chi connectivity index (χ0v) is 33.6. The lowest BCUT2D eigenvalue weighted by molar-refractivity contribution is -0.153. The molecule has 294 valence electrons. The fourth-order valence-electron chi connectivity index (χ4n) is 5.57. The Kier molecular flexibility index (Phi) is 12.9. The fourth-order valence-corrected chi connectivity index (χ4v) is 7.94. The number of ether oxygens (including phenoxy) is 3. The molecular weight excluding hydrogens is 775 g/mol. The van der Waals surface area contributed by atoms with Gasteiger partial charge in [-0.1, -0.05) is 35.5 Å². The number of aromatic nitrogens is 1. The molecule has 1 aromatic heterocycles. The molecule has 16 nitrogen and oxygen atoms in total. The van der Waals surface area contributed by atoms with Crippen LogP contribution in [-0.2, 0) is 62.6 Å². The van der Waals surface area contributed by atoms with Crippen molar-refractivity contribution in [2.45, 2.75) is 64.3 Å². The second-order valence-electron chi connectivity index (χ2n) is 13.4. The standard InChI is InChI=1S/C36H41N5O11S3/c1-20-22(9-8-10-23(20)17-51-55(7,46)47)15-24-18-53-32-28(31(43)41(32)29(24)33(44)50-16-21-11-13-25(48-5)14-12-21)38-30(42)27(40-49-6)26-19-54-34(37-26)39-35(45)52-36(2,3)4/h8-14,19,28,32H,15-18H2,1-7H3,(H,38,42)(H,37,39,45)/b40-27-/t28-,32-/m1/s1. The summed E-state index contributed by atoms with van der Waals surface area (Å²) in [5.41, 5.74) is 2.69. The molecule has 0 bridgehead atoms. The number of fused-ring (bicyclic) bond motifs is 1. The van der Waals surface area contributed by atoms with Crippen LogP contribution in [-0.4, -0.2) is 91.1 Å². The second-order valence-corrected chi connectivity index (χ2v) is 17.0. The minimum absolute atomic E-state index is 0.0630. The van der Waals surface area contributed by atoms with E-state index in [1.54, 1.807) is 64.3 Å². The van der Waals surface area contributed by atoms with Crippen molar-refractivity contribution in [3.63, 3.8) is 0 Å². The van der Waals surface area contributed by atoms with Gasteiger partial charge in [0.25, 0.3) is 21.9 Å². The van der Waals surface area contributed by atoms with E-state index < -0.39 is 51.0 Å². The van der Waals surface area contributed by atoms with Gasteiger partial charge in [0.05, 0.1) is 20.0 Å². The molecule has 55 heavy (non-hydrogen) atoms. The van der Waals surface area contributed by atoms with Gasteiger partial charge in [-0.3, -0.25) is 24.0 Å². The number of hydrogen-bond donors (Lipinski definition) is 2. The first kappa shape index (κ1) is 41.2. The van der Waals surface area contributed by atoms with Crippen LogP contribution in [0.4, 0.5) is 9.93 Å². The number of amides is 3. The van der Waals surface area contributed by atoms with Gasteiger partial charge in [-0.25, -0.2) is 14.6 Å². The Morgan fingerprint density at radius 2 is 1.76 bits per heavy atom. The zero-order valence-electron chi connectivity index (χ0n) is 31.2. The molecule has 2 atom stereocenters. The number of rotatable bonds is 14. The number of oxime groups is 1. The van der Waals surface area contributed by atoms with Crippen molar-refractivity contribution >= 4 is 67.9 Å². The van der Waals surface area contributed by atoms with Crippen molar-refractivity contribution in [2.24, 2.45) is 5.16 Å². The lowest BCUT2D eigenvalue weighted by Crippen LogP contribution is -2.71. The number of methoxy groups -OCH3 is 1. The van der Waals surface area contributed by atoms with E-state index in [4.69, 9.17) is 23.2 Å². The maximum atomic E-state index is 13.9. The number of β-lactam (4-membered cyclic amide) rings is 1. The monoisotopic (exact) mass is 815 g/mol. The Hall–Kier alpha value is -4.98. The molecule has 2 aromatic carbocycles. The molecular formula is C36H41N5O11S3. The van der Waals surface area contributed by atoms with Crippen LogP contribution in [0.1, 0.15) is 48.7 Å². The van der Waals surface area contributed by atoms with Crippen molar-refractivity contribution in [1.82, 2.24) is 15.2 Å². The molecule has 5 rings (SSSR count). The predicted octanol–water partition coefficient (Wildman–Crippen LogP) is 4.27. The summed E-state index contributed by atoms with van der Waals surface area (Å²) in [5.74, 6) is -1.09. The number of nitrogens with one attached hydrogen (secondary N) is 2. The molecule has 0 saturated carbocycles. The first-order valence-corrected chi connectivity index (χ1v) is 20.5. The quantitative estimate of drug-likeness (QED) is 0.0769. The van der Waals surface area contributed by atoms with Crippen molar-refractivity contribution in [3.8, 4) is 5.75 Å². The van der Waals surface area contributed by atoms with E-state index >= 15 is 0 Å². The van der Waals surface area contributed by atoms with Gasteiger partial charge in [0.2, 0.25) is 0 Å². The SMILES string of the molecule is CO/N=C(\C(=O)N[C@@H]1C(=O)N2C(C(=O)OCc3ccc(OC)cc3)=C(Cc3cccc(COS(C)(=O)=O)c3C)CS[C@H]12)c1csc(NC(=O)OC(C)(C)C)n1. The highest BCUT2D eigenvalue weighted by molar-refractivity contribution is 8.00. The van der Waals surface area contributed by atoms with E-state index in [1.807, 2.05) is 13.0 Å². The van der Waals surface area contributed by atoms with Crippen LogP contribution < -0.4 is 15.4 Å². The molecule has 0 radical (unpaired) electrons. The highest BCUT2D eigenvalue weighted by atomic mass is 32.2. The molecule has 2 aliphatic heterocycles. The fraction of sp³-hybridized carbons (Fsp3) is 0.389. The number of hydrogen-bond acceptors (Lipinski definition) is 15. The predicted molar refractivity (Wildman–Crippen MR) is 205 cm³/mol. The molecule has 0 aliphatic carbocycles. The molecule has 2 N–H and O–H groups in total. The Bertz CT molecular complexity index is 2130. The first-order valence-electron chi connectivity index (χ1n) is 16.7. The summed E-state index contributed by atoms with van der Waals surface area (Å²) >= 11 is 2.39. The third-order valence-corrected chi connectivity index (χ3v) is 10.8. The number of benzene rings is 2. The molecule has 1 fully saturated rings. The molecule has 3 amide bonds. The van der Waals surface area contributed by atoms with Crippen LogP contribution in [0.25, 0.3) is 0 Å². The number of carbonyl (C=O) groups excluding carboxylic acids is 4. The summed E-state index contributed by atoms with van der Waals surface area (Å²) < 4.78 is 44.6. The number of thioether (sulfide) groups is 1. The molecule has 3 heterocycles. The van der Waals surface area contributed by atoms with Crippen molar-refractivity contribution < 1.29 is 50.8 Å². The number of thiazole rings is 1.